The van der Waals surface area contributed by atoms with Crippen LogP contribution in [0.25, 0.3) is 0 Å². The summed E-state index contributed by atoms with van der Waals surface area (Å²) >= 11 is 0. The van der Waals surface area contributed by atoms with Gasteiger partial charge in [0.05, 0.1) is 12.7 Å². The fourth-order valence-electron chi connectivity index (χ4n) is 1.89. The van der Waals surface area contributed by atoms with Gasteiger partial charge >= 0.3 is 0 Å². The maximum atomic E-state index is 13.0. The van der Waals surface area contributed by atoms with Crippen LogP contribution in [-0.2, 0) is 9.47 Å². The molecule has 4 heteroatoms. The third kappa shape index (κ3) is 1.05. The second-order valence-electron chi connectivity index (χ2n) is 3.46. The largest absolute Gasteiger partial charge is 0.369 e. The Kier molecular flexibility index (Phi) is 1.84. The number of rotatable bonds is 1. The van der Waals surface area contributed by atoms with Gasteiger partial charge in [-0.1, -0.05) is 6.92 Å². The Hall–Kier alpha value is -0.220. The lowest BCUT2D eigenvalue weighted by molar-refractivity contribution is -0.0955. The molecule has 2 saturated heterocycles. The summed E-state index contributed by atoms with van der Waals surface area (Å²) in [4.78, 5) is 0. The van der Waals surface area contributed by atoms with E-state index in [4.69, 9.17) is 9.47 Å². The highest BCUT2D eigenvalue weighted by Crippen LogP contribution is 2.41. The van der Waals surface area contributed by atoms with Gasteiger partial charge in [0.1, 0.15) is 12.7 Å². The Balaban J connectivity index is 2.11. The Labute approximate surface area is 69.8 Å². The Morgan fingerprint density at radius 3 is 2.83 bits per heavy atom. The molecule has 2 aliphatic heterocycles. The zero-order chi connectivity index (χ0) is 8.77. The van der Waals surface area contributed by atoms with E-state index in [2.05, 4.69) is 0 Å². The molecule has 0 N–H and O–H groups in total. The molecule has 70 valence electrons. The standard InChI is InChI=1S/C8H12F2O2/c1-2-5-3-11-7-6(5)12-4-8(7,9)10/h5-7H,2-4H2,1H3/t5-,6-,7+/m1/s1. The van der Waals surface area contributed by atoms with Gasteiger partial charge in [0.15, 0.2) is 0 Å². The molecule has 2 fully saturated rings. The van der Waals surface area contributed by atoms with Crippen molar-refractivity contribution in [2.45, 2.75) is 31.5 Å². The van der Waals surface area contributed by atoms with Crippen molar-refractivity contribution in [1.29, 1.82) is 0 Å². The van der Waals surface area contributed by atoms with E-state index in [1.807, 2.05) is 6.92 Å². The van der Waals surface area contributed by atoms with Crippen LogP contribution in [0.3, 0.4) is 0 Å². The van der Waals surface area contributed by atoms with Crippen LogP contribution in [0.15, 0.2) is 0 Å². The van der Waals surface area contributed by atoms with E-state index in [9.17, 15) is 8.78 Å². The van der Waals surface area contributed by atoms with Gasteiger partial charge < -0.3 is 9.47 Å². The molecular weight excluding hydrogens is 166 g/mol. The minimum Gasteiger partial charge on any atom is -0.369 e. The first-order valence-electron chi connectivity index (χ1n) is 4.26. The molecule has 0 aromatic rings. The molecule has 0 aromatic heterocycles. The maximum absolute atomic E-state index is 13.0. The highest BCUT2D eigenvalue weighted by molar-refractivity contribution is 4.98. The van der Waals surface area contributed by atoms with Crippen LogP contribution in [0, 0.1) is 5.92 Å². The smallest absolute Gasteiger partial charge is 0.299 e. The minimum absolute atomic E-state index is 0.156. The van der Waals surface area contributed by atoms with Gasteiger partial charge in [0.25, 0.3) is 5.92 Å². The first kappa shape index (κ1) is 8.38. The lowest BCUT2D eigenvalue weighted by atomic mass is 9.98. The SMILES string of the molecule is CC[C@@H]1CO[C@H]2[C@@H]1OCC2(F)F. The van der Waals surface area contributed by atoms with Crippen LogP contribution in [0.1, 0.15) is 13.3 Å². The Morgan fingerprint density at radius 1 is 1.42 bits per heavy atom. The summed E-state index contributed by atoms with van der Waals surface area (Å²) in [7, 11) is 0. The van der Waals surface area contributed by atoms with Crippen molar-refractivity contribution in [3.05, 3.63) is 0 Å². The molecule has 2 nitrogen and oxygen atoms in total. The van der Waals surface area contributed by atoms with Crippen molar-refractivity contribution in [3.63, 3.8) is 0 Å². The molecule has 2 heterocycles. The summed E-state index contributed by atoms with van der Waals surface area (Å²) in [6, 6.07) is 0. The van der Waals surface area contributed by atoms with Gasteiger partial charge in [-0.3, -0.25) is 0 Å². The summed E-state index contributed by atoms with van der Waals surface area (Å²) in [6.07, 6.45) is -0.510. The first-order valence-corrected chi connectivity index (χ1v) is 4.26. The van der Waals surface area contributed by atoms with Crippen LogP contribution in [0.4, 0.5) is 8.78 Å². The first-order chi connectivity index (χ1) is 5.65. The van der Waals surface area contributed by atoms with E-state index < -0.39 is 18.6 Å². The van der Waals surface area contributed by atoms with E-state index in [1.54, 1.807) is 0 Å². The average molecular weight is 178 g/mol. The quantitative estimate of drug-likeness (QED) is 0.605. The predicted octanol–water partition coefficient (Wildman–Crippen LogP) is 1.45. The number of halogens is 2. The van der Waals surface area contributed by atoms with Crippen molar-refractivity contribution in [1.82, 2.24) is 0 Å². The van der Waals surface area contributed by atoms with Crippen molar-refractivity contribution >= 4 is 0 Å². The number of hydrogen-bond acceptors (Lipinski definition) is 2. The van der Waals surface area contributed by atoms with Crippen molar-refractivity contribution in [3.8, 4) is 0 Å². The number of alkyl halides is 2. The molecule has 0 unspecified atom stereocenters. The number of fused-ring (bicyclic) bond motifs is 1. The van der Waals surface area contributed by atoms with Crippen LogP contribution in [0.5, 0.6) is 0 Å². The molecule has 0 aromatic carbocycles. The van der Waals surface area contributed by atoms with E-state index >= 15 is 0 Å². The fraction of sp³-hybridized carbons (Fsp3) is 1.00. The highest BCUT2D eigenvalue weighted by atomic mass is 19.3. The normalized spacial score (nSPS) is 44.8. The van der Waals surface area contributed by atoms with Gasteiger partial charge in [0, 0.05) is 5.92 Å². The third-order valence-corrected chi connectivity index (χ3v) is 2.66. The summed E-state index contributed by atoms with van der Waals surface area (Å²) in [6.45, 7) is 1.91. The van der Waals surface area contributed by atoms with E-state index in [0.29, 0.717) is 6.61 Å². The highest BCUT2D eigenvalue weighted by Gasteiger charge is 2.57. The summed E-state index contributed by atoms with van der Waals surface area (Å²) in [5, 5.41) is 0. The molecule has 0 radical (unpaired) electrons. The topological polar surface area (TPSA) is 18.5 Å². The van der Waals surface area contributed by atoms with Crippen molar-refractivity contribution in [2.75, 3.05) is 13.2 Å². The molecule has 0 bridgehead atoms. The molecule has 0 saturated carbocycles. The van der Waals surface area contributed by atoms with E-state index in [-0.39, 0.29) is 12.0 Å². The summed E-state index contributed by atoms with van der Waals surface area (Å²) < 4.78 is 36.0. The van der Waals surface area contributed by atoms with Gasteiger partial charge in [-0.15, -0.1) is 0 Å². The van der Waals surface area contributed by atoms with Gasteiger partial charge in [-0.2, -0.15) is 0 Å². The van der Waals surface area contributed by atoms with E-state index in [1.165, 1.54) is 0 Å². The average Bonchev–Trinajstić information content (AvgIpc) is 2.53. The third-order valence-electron chi connectivity index (χ3n) is 2.66. The second kappa shape index (κ2) is 2.64. The van der Waals surface area contributed by atoms with Crippen LogP contribution < -0.4 is 0 Å². The molecular formula is C8H12F2O2. The zero-order valence-corrected chi connectivity index (χ0v) is 6.93. The molecule has 0 spiro atoms. The molecule has 0 amide bonds. The summed E-state index contributed by atoms with van der Waals surface area (Å²) in [5.74, 6) is -2.61. The van der Waals surface area contributed by atoms with Gasteiger partial charge in [0.2, 0.25) is 0 Å². The molecule has 3 atom stereocenters. The summed E-state index contributed by atoms with van der Waals surface area (Å²) in [5.41, 5.74) is 0. The lowest BCUT2D eigenvalue weighted by Gasteiger charge is -2.14. The molecule has 2 rings (SSSR count). The zero-order valence-electron chi connectivity index (χ0n) is 6.93. The molecule has 0 aliphatic carbocycles. The Bertz CT molecular complexity index is 184. The fourth-order valence-corrected chi connectivity index (χ4v) is 1.89. The van der Waals surface area contributed by atoms with Gasteiger partial charge in [-0.25, -0.2) is 8.78 Å². The molecule has 2 aliphatic rings. The Morgan fingerprint density at radius 2 is 2.17 bits per heavy atom. The minimum atomic E-state index is -2.77. The van der Waals surface area contributed by atoms with Crippen LogP contribution >= 0.6 is 0 Å². The van der Waals surface area contributed by atoms with E-state index in [0.717, 1.165) is 6.42 Å². The number of hydrogen-bond donors (Lipinski definition) is 0. The predicted molar refractivity (Wildman–Crippen MR) is 38.2 cm³/mol. The van der Waals surface area contributed by atoms with Crippen molar-refractivity contribution in [2.24, 2.45) is 5.92 Å². The second-order valence-corrected chi connectivity index (χ2v) is 3.46. The lowest BCUT2D eigenvalue weighted by Crippen LogP contribution is -2.34. The maximum Gasteiger partial charge on any atom is 0.299 e. The van der Waals surface area contributed by atoms with Crippen LogP contribution in [-0.4, -0.2) is 31.3 Å². The van der Waals surface area contributed by atoms with Gasteiger partial charge in [-0.05, 0) is 6.42 Å². The van der Waals surface area contributed by atoms with Crippen LogP contribution in [0.2, 0.25) is 0 Å². The monoisotopic (exact) mass is 178 g/mol. The molecule has 12 heavy (non-hydrogen) atoms. The van der Waals surface area contributed by atoms with Crippen molar-refractivity contribution < 1.29 is 18.3 Å². The number of ether oxygens (including phenoxy) is 2.